The van der Waals surface area contributed by atoms with Gasteiger partial charge in [-0.05, 0) is 12.2 Å². The van der Waals surface area contributed by atoms with Crippen molar-refractivity contribution < 1.29 is 9.47 Å². The third kappa shape index (κ3) is 1.99. The summed E-state index contributed by atoms with van der Waals surface area (Å²) in [6.07, 6.45) is 1.32. The van der Waals surface area contributed by atoms with E-state index in [1.165, 1.54) is 20.5 Å². The smallest absolute Gasteiger partial charge is 0.247 e. The molecule has 0 N–H and O–H groups in total. The van der Waals surface area contributed by atoms with Crippen molar-refractivity contribution in [2.75, 3.05) is 14.2 Å². The molecule has 0 bridgehead atoms. The molecule has 0 aromatic carbocycles. The van der Waals surface area contributed by atoms with Crippen LogP contribution in [0.5, 0.6) is 11.8 Å². The molecule has 1 heterocycles. The van der Waals surface area contributed by atoms with E-state index in [2.05, 4.69) is 32.3 Å². The maximum atomic E-state index is 4.93. The molecular formula is C7H7N3O2S. The normalized spacial score (nSPS) is 8.77. The maximum Gasteiger partial charge on any atom is 0.247 e. The lowest BCUT2D eigenvalue weighted by atomic mass is 10.5. The number of ether oxygens (including phenoxy) is 2. The molecule has 0 unspecified atom stereocenters. The Hall–Kier alpha value is -1.52. The van der Waals surface area contributed by atoms with Gasteiger partial charge in [0.2, 0.25) is 11.8 Å². The number of methoxy groups -OCH3 is 2. The zero-order valence-corrected chi connectivity index (χ0v) is 7.96. The van der Waals surface area contributed by atoms with Gasteiger partial charge in [-0.25, -0.2) is 0 Å². The first kappa shape index (κ1) is 9.57. The summed E-state index contributed by atoms with van der Waals surface area (Å²) in [5.41, 5.74) is 0.350. The lowest BCUT2D eigenvalue weighted by Gasteiger charge is -2.04. The Kier molecular flexibility index (Phi) is 3.31. The highest BCUT2D eigenvalue weighted by Crippen LogP contribution is 2.32. The van der Waals surface area contributed by atoms with Crippen molar-refractivity contribution in [1.29, 1.82) is 0 Å². The number of thiocarbonyl (C=S) groups is 1. The average Bonchev–Trinajstić information content (AvgIpc) is 2.18. The van der Waals surface area contributed by atoms with Crippen molar-refractivity contribution in [3.8, 4) is 11.8 Å². The number of hydrogen-bond acceptors (Lipinski definition) is 6. The highest BCUT2D eigenvalue weighted by molar-refractivity contribution is 7.78. The number of nitrogens with zero attached hydrogens (tertiary/aromatic N) is 3. The van der Waals surface area contributed by atoms with Gasteiger partial charge < -0.3 is 9.47 Å². The maximum absolute atomic E-state index is 4.93. The van der Waals surface area contributed by atoms with Crippen LogP contribution in [0.25, 0.3) is 0 Å². The van der Waals surface area contributed by atoms with Crippen LogP contribution in [-0.2, 0) is 0 Å². The quantitative estimate of drug-likeness (QED) is 0.538. The number of aromatic nitrogens is 2. The average molecular weight is 197 g/mol. The molecule has 0 saturated heterocycles. The van der Waals surface area contributed by atoms with Gasteiger partial charge in [0.15, 0.2) is 5.69 Å². The lowest BCUT2D eigenvalue weighted by Crippen LogP contribution is -1.93. The summed E-state index contributed by atoms with van der Waals surface area (Å²) in [6, 6.07) is 0. The van der Waals surface area contributed by atoms with Gasteiger partial charge in [0, 0.05) is 0 Å². The second-order valence-electron chi connectivity index (χ2n) is 1.94. The topological polar surface area (TPSA) is 56.6 Å². The summed E-state index contributed by atoms with van der Waals surface area (Å²) in [5.74, 6) is 0.619. The highest BCUT2D eigenvalue weighted by atomic mass is 32.1. The number of rotatable bonds is 3. The van der Waals surface area contributed by atoms with Gasteiger partial charge in [-0.2, -0.15) is 15.0 Å². The van der Waals surface area contributed by atoms with E-state index in [1.54, 1.807) is 0 Å². The summed E-state index contributed by atoms with van der Waals surface area (Å²) in [7, 11) is 2.95. The van der Waals surface area contributed by atoms with E-state index in [0.717, 1.165) is 0 Å². The van der Waals surface area contributed by atoms with Crippen LogP contribution in [0.15, 0.2) is 11.3 Å². The number of isothiocyanates is 1. The van der Waals surface area contributed by atoms with E-state index in [1.807, 2.05) is 0 Å². The number of hydrogen-bond donors (Lipinski definition) is 0. The van der Waals surface area contributed by atoms with E-state index >= 15 is 0 Å². The van der Waals surface area contributed by atoms with Crippen molar-refractivity contribution in [2.45, 2.75) is 0 Å². The first-order chi connectivity index (χ1) is 6.33. The lowest BCUT2D eigenvalue weighted by molar-refractivity contribution is 0.374. The predicted octanol–water partition coefficient (Wildman–Crippen LogP) is 1.23. The van der Waals surface area contributed by atoms with Crippen LogP contribution >= 0.6 is 12.2 Å². The minimum Gasteiger partial charge on any atom is -0.479 e. The molecule has 0 radical (unpaired) electrons. The third-order valence-corrected chi connectivity index (χ3v) is 1.39. The van der Waals surface area contributed by atoms with Crippen LogP contribution < -0.4 is 9.47 Å². The van der Waals surface area contributed by atoms with Gasteiger partial charge in [0.25, 0.3) is 0 Å². The van der Waals surface area contributed by atoms with E-state index < -0.39 is 0 Å². The summed E-state index contributed by atoms with van der Waals surface area (Å²) in [4.78, 5) is 11.4. The van der Waals surface area contributed by atoms with Crippen molar-refractivity contribution in [3.05, 3.63) is 6.33 Å². The summed E-state index contributed by atoms with van der Waals surface area (Å²) < 4.78 is 9.86. The molecule has 6 heteroatoms. The molecule has 5 nitrogen and oxygen atoms in total. The van der Waals surface area contributed by atoms with Crippen molar-refractivity contribution >= 4 is 23.1 Å². The predicted molar refractivity (Wildman–Crippen MR) is 49.8 cm³/mol. The van der Waals surface area contributed by atoms with Gasteiger partial charge in [-0.3, -0.25) is 0 Å². The molecule has 0 atom stereocenters. The fourth-order valence-electron chi connectivity index (χ4n) is 0.788. The molecule has 13 heavy (non-hydrogen) atoms. The Morgan fingerprint density at radius 1 is 1.31 bits per heavy atom. The summed E-state index contributed by atoms with van der Waals surface area (Å²) >= 11 is 4.47. The molecule has 68 valence electrons. The van der Waals surface area contributed by atoms with Crippen molar-refractivity contribution in [2.24, 2.45) is 4.99 Å². The summed E-state index contributed by atoms with van der Waals surface area (Å²) in [5, 5.41) is 2.20. The van der Waals surface area contributed by atoms with Gasteiger partial charge in [0.1, 0.15) is 6.33 Å². The largest absolute Gasteiger partial charge is 0.479 e. The second-order valence-corrected chi connectivity index (χ2v) is 2.13. The van der Waals surface area contributed by atoms with E-state index in [0.29, 0.717) is 17.4 Å². The standard InChI is InChI=1S/C7H7N3O2S/c1-11-6-5(10-4-13)7(12-2)9-3-8-6/h3H,1-2H3. The molecule has 0 aliphatic carbocycles. The van der Waals surface area contributed by atoms with E-state index in [-0.39, 0.29) is 0 Å². The Bertz CT molecular complexity index is 327. The first-order valence-electron chi connectivity index (χ1n) is 3.34. The minimum absolute atomic E-state index is 0.309. The van der Waals surface area contributed by atoms with Crippen LogP contribution in [0.4, 0.5) is 5.69 Å². The van der Waals surface area contributed by atoms with Crippen LogP contribution in [0.3, 0.4) is 0 Å². The van der Waals surface area contributed by atoms with Gasteiger partial charge >= 0.3 is 0 Å². The van der Waals surface area contributed by atoms with Crippen molar-refractivity contribution in [1.82, 2.24) is 9.97 Å². The fourth-order valence-corrected chi connectivity index (χ4v) is 0.879. The van der Waals surface area contributed by atoms with Crippen LogP contribution in [-0.4, -0.2) is 29.3 Å². The number of aliphatic imine (C=N–C) groups is 1. The molecular weight excluding hydrogens is 190 g/mol. The minimum atomic E-state index is 0.309. The van der Waals surface area contributed by atoms with Crippen molar-refractivity contribution in [3.63, 3.8) is 0 Å². The molecule has 0 spiro atoms. The van der Waals surface area contributed by atoms with Gasteiger partial charge in [0.05, 0.1) is 19.4 Å². The highest BCUT2D eigenvalue weighted by Gasteiger charge is 2.10. The monoisotopic (exact) mass is 197 g/mol. The Morgan fingerprint density at radius 2 is 1.85 bits per heavy atom. The molecule has 1 aromatic rings. The zero-order valence-electron chi connectivity index (χ0n) is 7.14. The SMILES string of the molecule is COc1ncnc(OC)c1N=C=S. The zero-order chi connectivity index (χ0) is 9.68. The van der Waals surface area contributed by atoms with E-state index in [4.69, 9.17) is 9.47 Å². The molecule has 0 fully saturated rings. The first-order valence-corrected chi connectivity index (χ1v) is 3.75. The van der Waals surface area contributed by atoms with Gasteiger partial charge in [-0.1, -0.05) is 0 Å². The Morgan fingerprint density at radius 3 is 2.23 bits per heavy atom. The molecule has 0 amide bonds. The summed E-state index contributed by atoms with van der Waals surface area (Å²) in [6.45, 7) is 0. The molecule has 0 saturated carbocycles. The molecule has 1 rings (SSSR count). The van der Waals surface area contributed by atoms with Crippen LogP contribution in [0.2, 0.25) is 0 Å². The fraction of sp³-hybridized carbons (Fsp3) is 0.286. The van der Waals surface area contributed by atoms with Crippen LogP contribution in [0.1, 0.15) is 0 Å². The van der Waals surface area contributed by atoms with E-state index in [9.17, 15) is 0 Å². The van der Waals surface area contributed by atoms with Gasteiger partial charge in [-0.15, -0.1) is 0 Å². The second kappa shape index (κ2) is 4.49. The molecule has 0 aliphatic rings. The third-order valence-electron chi connectivity index (χ3n) is 1.30. The van der Waals surface area contributed by atoms with Crippen LogP contribution in [0, 0.1) is 0 Å². The molecule has 0 aliphatic heterocycles. The Labute approximate surface area is 80.4 Å². The Balaban J connectivity index is 3.28. The molecule has 1 aromatic heterocycles.